The molecule has 0 atom stereocenters. The number of hydrogen-bond donors (Lipinski definition) is 1. The quantitative estimate of drug-likeness (QED) is 0.685. The molecule has 1 aliphatic heterocycles. The van der Waals surface area contributed by atoms with Crippen molar-refractivity contribution in [2.24, 2.45) is 5.92 Å². The zero-order chi connectivity index (χ0) is 20.1. The van der Waals surface area contributed by atoms with Crippen molar-refractivity contribution in [1.29, 1.82) is 0 Å². The van der Waals surface area contributed by atoms with E-state index in [0.717, 1.165) is 10.6 Å². The van der Waals surface area contributed by atoms with E-state index in [9.17, 15) is 13.2 Å². The first-order valence-corrected chi connectivity index (χ1v) is 12.3. The predicted octanol–water partition coefficient (Wildman–Crippen LogP) is 4.24. The van der Waals surface area contributed by atoms with E-state index in [-0.39, 0.29) is 17.6 Å². The number of piperidine rings is 1. The van der Waals surface area contributed by atoms with Crippen molar-refractivity contribution in [2.75, 3.05) is 24.7 Å². The van der Waals surface area contributed by atoms with Gasteiger partial charge in [0.25, 0.3) is 0 Å². The maximum atomic E-state index is 12.7. The van der Waals surface area contributed by atoms with Gasteiger partial charge in [-0.25, -0.2) is 12.7 Å². The van der Waals surface area contributed by atoms with Crippen LogP contribution in [0, 0.1) is 5.92 Å². The summed E-state index contributed by atoms with van der Waals surface area (Å²) in [7, 11) is -3.46. The standard InChI is InChI=1S/C20H23ClN2O3S2/c1-27-18-7-4-6-17(13-18)22-20(24)15-9-11-23(12-10-15)28(25,26)14-16-5-2-3-8-19(16)21/h2-8,13,15H,9-12,14H2,1H3,(H,22,24). The third-order valence-electron chi connectivity index (χ3n) is 4.85. The minimum absolute atomic E-state index is 0.0543. The number of nitrogens with zero attached hydrogens (tertiary/aromatic N) is 1. The van der Waals surface area contributed by atoms with Gasteiger partial charge < -0.3 is 5.32 Å². The molecule has 2 aromatic rings. The fourth-order valence-corrected chi connectivity index (χ4v) is 5.58. The van der Waals surface area contributed by atoms with Gasteiger partial charge in [0.05, 0.1) is 5.75 Å². The second-order valence-corrected chi connectivity index (χ2v) is 10.00. The predicted molar refractivity (Wildman–Crippen MR) is 115 cm³/mol. The maximum absolute atomic E-state index is 12.7. The van der Waals surface area contributed by atoms with Gasteiger partial charge in [-0.1, -0.05) is 35.9 Å². The molecule has 1 heterocycles. The Bertz CT molecular complexity index is 942. The fraction of sp³-hybridized carbons (Fsp3) is 0.350. The van der Waals surface area contributed by atoms with E-state index in [2.05, 4.69) is 5.32 Å². The van der Waals surface area contributed by atoms with E-state index in [1.807, 2.05) is 30.5 Å². The number of carbonyl (C=O) groups excluding carboxylic acids is 1. The molecule has 0 saturated carbocycles. The lowest BCUT2D eigenvalue weighted by Crippen LogP contribution is -2.41. The summed E-state index contributed by atoms with van der Waals surface area (Å²) in [4.78, 5) is 13.6. The molecular weight excluding hydrogens is 416 g/mol. The molecule has 150 valence electrons. The van der Waals surface area contributed by atoms with E-state index in [1.165, 1.54) is 4.31 Å². The average molecular weight is 439 g/mol. The van der Waals surface area contributed by atoms with E-state index >= 15 is 0 Å². The Labute approximate surface area is 175 Å². The van der Waals surface area contributed by atoms with E-state index in [0.29, 0.717) is 36.5 Å². The van der Waals surface area contributed by atoms with Gasteiger partial charge in [-0.2, -0.15) is 0 Å². The Kier molecular flexibility index (Phi) is 7.04. The number of rotatable bonds is 6. The number of benzene rings is 2. The molecule has 1 amide bonds. The first-order valence-electron chi connectivity index (χ1n) is 9.05. The molecule has 1 fully saturated rings. The van der Waals surface area contributed by atoms with Crippen LogP contribution in [0.5, 0.6) is 0 Å². The van der Waals surface area contributed by atoms with Crippen LogP contribution in [0.3, 0.4) is 0 Å². The van der Waals surface area contributed by atoms with Gasteiger partial charge in [0, 0.05) is 34.6 Å². The van der Waals surface area contributed by atoms with Crippen LogP contribution in [-0.2, 0) is 20.6 Å². The minimum atomic E-state index is -3.46. The monoisotopic (exact) mass is 438 g/mol. The largest absolute Gasteiger partial charge is 0.326 e. The summed E-state index contributed by atoms with van der Waals surface area (Å²) >= 11 is 7.71. The van der Waals surface area contributed by atoms with Crippen LogP contribution in [0.15, 0.2) is 53.4 Å². The van der Waals surface area contributed by atoms with E-state index in [1.54, 1.807) is 36.0 Å². The number of amides is 1. The lowest BCUT2D eigenvalue weighted by Gasteiger charge is -2.30. The molecule has 5 nitrogen and oxygen atoms in total. The lowest BCUT2D eigenvalue weighted by atomic mass is 9.97. The second kappa shape index (κ2) is 9.31. The van der Waals surface area contributed by atoms with Crippen LogP contribution in [0.4, 0.5) is 5.69 Å². The van der Waals surface area contributed by atoms with Crippen molar-refractivity contribution in [2.45, 2.75) is 23.5 Å². The zero-order valence-electron chi connectivity index (χ0n) is 15.6. The number of anilines is 1. The van der Waals surface area contributed by atoms with Crippen LogP contribution in [0.2, 0.25) is 5.02 Å². The van der Waals surface area contributed by atoms with Crippen molar-refractivity contribution in [3.05, 3.63) is 59.1 Å². The second-order valence-electron chi connectivity index (χ2n) is 6.74. The molecule has 1 saturated heterocycles. The van der Waals surface area contributed by atoms with Crippen molar-refractivity contribution in [3.8, 4) is 0 Å². The SMILES string of the molecule is CSc1cccc(NC(=O)C2CCN(S(=O)(=O)Cc3ccccc3Cl)CC2)c1. The normalized spacial score (nSPS) is 16.1. The lowest BCUT2D eigenvalue weighted by molar-refractivity contribution is -0.120. The van der Waals surface area contributed by atoms with Crippen LogP contribution in [0.1, 0.15) is 18.4 Å². The Balaban J connectivity index is 1.57. The Morgan fingerprint density at radius 3 is 2.57 bits per heavy atom. The van der Waals surface area contributed by atoms with Crippen molar-refractivity contribution < 1.29 is 13.2 Å². The summed E-state index contributed by atoms with van der Waals surface area (Å²) in [6, 6.07) is 14.7. The van der Waals surface area contributed by atoms with Crippen LogP contribution in [-0.4, -0.2) is 38.0 Å². The van der Waals surface area contributed by atoms with Crippen molar-refractivity contribution in [3.63, 3.8) is 0 Å². The van der Waals surface area contributed by atoms with Gasteiger partial charge in [0.15, 0.2) is 0 Å². The van der Waals surface area contributed by atoms with E-state index < -0.39 is 10.0 Å². The number of carbonyl (C=O) groups is 1. The molecule has 0 radical (unpaired) electrons. The number of nitrogens with one attached hydrogen (secondary N) is 1. The van der Waals surface area contributed by atoms with Gasteiger partial charge in [-0.05, 0) is 48.9 Å². The highest BCUT2D eigenvalue weighted by Crippen LogP contribution is 2.26. The maximum Gasteiger partial charge on any atom is 0.227 e. The zero-order valence-corrected chi connectivity index (χ0v) is 18.0. The van der Waals surface area contributed by atoms with Crippen molar-refractivity contribution >= 4 is 45.0 Å². The highest BCUT2D eigenvalue weighted by atomic mass is 35.5. The Morgan fingerprint density at radius 1 is 1.18 bits per heavy atom. The summed E-state index contributed by atoms with van der Waals surface area (Å²) in [5.41, 5.74) is 1.36. The van der Waals surface area contributed by atoms with E-state index in [4.69, 9.17) is 11.6 Å². The average Bonchev–Trinajstić information content (AvgIpc) is 2.70. The van der Waals surface area contributed by atoms with Gasteiger partial charge in [0.2, 0.25) is 15.9 Å². The molecule has 0 unspecified atom stereocenters. The topological polar surface area (TPSA) is 66.5 Å². The van der Waals surface area contributed by atoms with Gasteiger partial charge in [-0.3, -0.25) is 4.79 Å². The van der Waals surface area contributed by atoms with Crippen LogP contribution < -0.4 is 5.32 Å². The number of sulfonamides is 1. The summed E-state index contributed by atoms with van der Waals surface area (Å²) in [5, 5.41) is 3.40. The molecule has 28 heavy (non-hydrogen) atoms. The molecule has 1 N–H and O–H groups in total. The van der Waals surface area contributed by atoms with Gasteiger partial charge in [-0.15, -0.1) is 11.8 Å². The first-order chi connectivity index (χ1) is 13.4. The molecule has 8 heteroatoms. The fourth-order valence-electron chi connectivity index (χ4n) is 3.24. The number of thioether (sulfide) groups is 1. The van der Waals surface area contributed by atoms with Crippen LogP contribution in [0.25, 0.3) is 0 Å². The molecule has 1 aliphatic rings. The highest BCUT2D eigenvalue weighted by molar-refractivity contribution is 7.98. The smallest absolute Gasteiger partial charge is 0.227 e. The highest BCUT2D eigenvalue weighted by Gasteiger charge is 2.31. The Hall–Kier alpha value is -1.54. The molecule has 0 aromatic heterocycles. The third-order valence-corrected chi connectivity index (χ3v) is 7.77. The minimum Gasteiger partial charge on any atom is -0.326 e. The first kappa shape index (κ1) is 21.2. The van der Waals surface area contributed by atoms with Crippen molar-refractivity contribution in [1.82, 2.24) is 4.31 Å². The number of halogens is 1. The Morgan fingerprint density at radius 2 is 1.89 bits per heavy atom. The molecule has 0 spiro atoms. The van der Waals surface area contributed by atoms with Gasteiger partial charge in [0.1, 0.15) is 0 Å². The number of hydrogen-bond acceptors (Lipinski definition) is 4. The molecular formula is C20H23ClN2O3S2. The third kappa shape index (κ3) is 5.29. The molecule has 2 aromatic carbocycles. The summed E-state index contributed by atoms with van der Waals surface area (Å²) in [6.45, 7) is 0.686. The summed E-state index contributed by atoms with van der Waals surface area (Å²) < 4.78 is 26.9. The molecule has 0 bridgehead atoms. The summed E-state index contributed by atoms with van der Waals surface area (Å²) in [5.74, 6) is -0.364. The summed E-state index contributed by atoms with van der Waals surface area (Å²) in [6.07, 6.45) is 3.01. The molecule has 3 rings (SSSR count). The molecule has 0 aliphatic carbocycles. The van der Waals surface area contributed by atoms with Gasteiger partial charge >= 0.3 is 0 Å². The van der Waals surface area contributed by atoms with Crippen LogP contribution >= 0.6 is 23.4 Å².